The third-order valence-electron chi connectivity index (χ3n) is 1.95. The maximum absolute atomic E-state index is 10.2. The van der Waals surface area contributed by atoms with Gasteiger partial charge in [0.2, 0.25) is 0 Å². The molecule has 3 unspecified atom stereocenters. The van der Waals surface area contributed by atoms with Gasteiger partial charge < -0.3 is 4.74 Å². The summed E-state index contributed by atoms with van der Waals surface area (Å²) < 4.78 is 5.40. The van der Waals surface area contributed by atoms with E-state index in [1.54, 1.807) is 11.8 Å². The van der Waals surface area contributed by atoms with Crippen LogP contribution in [0.25, 0.3) is 0 Å². The lowest BCUT2D eigenvalue weighted by Gasteiger charge is -2.16. The first-order valence-corrected chi connectivity index (χ1v) is 4.90. The summed E-state index contributed by atoms with van der Waals surface area (Å²) >= 11 is 1.69. The van der Waals surface area contributed by atoms with Gasteiger partial charge in [-0.3, -0.25) is 0 Å². The lowest BCUT2D eigenvalue weighted by atomic mass is 10.1. The molecule has 11 heavy (non-hydrogen) atoms. The van der Waals surface area contributed by atoms with Gasteiger partial charge in [-0.1, -0.05) is 12.1 Å². The first-order valence-electron chi connectivity index (χ1n) is 3.85. The Morgan fingerprint density at radius 1 is 1.82 bits per heavy atom. The first kappa shape index (κ1) is 9.00. The molecule has 1 aliphatic heterocycles. The molecule has 64 valence electrons. The second-order valence-corrected chi connectivity index (χ2v) is 3.82. The fourth-order valence-electron chi connectivity index (χ4n) is 1.27. The van der Waals surface area contributed by atoms with Crippen molar-refractivity contribution in [3.63, 3.8) is 0 Å². The number of ether oxygens (including phenoxy) is 1. The molecule has 3 atom stereocenters. The maximum Gasteiger partial charge on any atom is 0.104 e. The van der Waals surface area contributed by atoms with E-state index in [0.717, 1.165) is 6.42 Å². The van der Waals surface area contributed by atoms with E-state index >= 15 is 0 Å². The molecular weight excluding hydrogens is 162 g/mol. The van der Waals surface area contributed by atoms with Crippen LogP contribution in [-0.2, 0) is 4.74 Å². The van der Waals surface area contributed by atoms with Crippen molar-refractivity contribution in [3.05, 3.63) is 4.91 Å². The zero-order valence-corrected chi connectivity index (χ0v) is 7.63. The van der Waals surface area contributed by atoms with Crippen molar-refractivity contribution in [3.8, 4) is 0 Å². The van der Waals surface area contributed by atoms with Gasteiger partial charge in [0.15, 0.2) is 0 Å². The van der Waals surface area contributed by atoms with Crippen molar-refractivity contribution in [1.29, 1.82) is 0 Å². The van der Waals surface area contributed by atoms with Crippen molar-refractivity contribution < 1.29 is 4.74 Å². The molecule has 1 fully saturated rings. The average molecular weight is 175 g/mol. The van der Waals surface area contributed by atoms with Crippen LogP contribution < -0.4 is 0 Å². The van der Waals surface area contributed by atoms with E-state index in [0.29, 0.717) is 5.94 Å². The van der Waals surface area contributed by atoms with Gasteiger partial charge in [0.25, 0.3) is 0 Å². The van der Waals surface area contributed by atoms with Gasteiger partial charge in [0.1, 0.15) is 6.04 Å². The summed E-state index contributed by atoms with van der Waals surface area (Å²) in [6.07, 6.45) is 1.20. The fraction of sp³-hybridized carbons (Fsp3) is 1.00. The largest absolute Gasteiger partial charge is 0.366 e. The molecule has 1 aliphatic rings. The minimum atomic E-state index is -0.118. The minimum absolute atomic E-state index is 0.118. The molecule has 1 rings (SSSR count). The van der Waals surface area contributed by atoms with Gasteiger partial charge >= 0.3 is 0 Å². The molecule has 0 aromatic heterocycles. The van der Waals surface area contributed by atoms with E-state index in [-0.39, 0.29) is 17.4 Å². The Labute approximate surface area is 70.9 Å². The lowest BCUT2D eigenvalue weighted by Crippen LogP contribution is -2.27. The van der Waals surface area contributed by atoms with E-state index in [1.807, 2.05) is 6.92 Å². The highest BCUT2D eigenvalue weighted by Gasteiger charge is 2.32. The van der Waals surface area contributed by atoms with Gasteiger partial charge in [0, 0.05) is 0 Å². The van der Waals surface area contributed by atoms with Crippen LogP contribution in [0.3, 0.4) is 0 Å². The minimum Gasteiger partial charge on any atom is -0.366 e. The van der Waals surface area contributed by atoms with Crippen LogP contribution in [0.5, 0.6) is 0 Å². The molecule has 0 saturated carbocycles. The Hall–Kier alpha value is -0.0900. The van der Waals surface area contributed by atoms with E-state index in [1.165, 1.54) is 0 Å². The van der Waals surface area contributed by atoms with Crippen molar-refractivity contribution in [2.75, 3.05) is 5.94 Å². The van der Waals surface area contributed by atoms with Gasteiger partial charge in [-0.25, -0.2) is 0 Å². The van der Waals surface area contributed by atoms with Crippen molar-refractivity contribution in [2.45, 2.75) is 37.7 Å². The molecule has 0 bridgehead atoms. The van der Waals surface area contributed by atoms with Crippen LogP contribution in [-0.4, -0.2) is 23.3 Å². The smallest absolute Gasteiger partial charge is 0.104 e. The zero-order chi connectivity index (χ0) is 8.27. The SMILES string of the molecule is CCC1OCSC1C(C)N=O. The Morgan fingerprint density at radius 3 is 3.09 bits per heavy atom. The van der Waals surface area contributed by atoms with Crippen molar-refractivity contribution >= 4 is 11.8 Å². The quantitative estimate of drug-likeness (QED) is 0.616. The van der Waals surface area contributed by atoms with Gasteiger partial charge in [-0.2, -0.15) is 4.91 Å². The average Bonchev–Trinajstić information content (AvgIpc) is 2.50. The predicted molar refractivity (Wildman–Crippen MR) is 46.7 cm³/mol. The van der Waals surface area contributed by atoms with Crippen molar-refractivity contribution in [2.24, 2.45) is 5.18 Å². The van der Waals surface area contributed by atoms with Crippen LogP contribution in [0.1, 0.15) is 20.3 Å². The first-order chi connectivity index (χ1) is 5.29. The molecule has 4 heteroatoms. The summed E-state index contributed by atoms with van der Waals surface area (Å²) in [7, 11) is 0. The number of hydrogen-bond acceptors (Lipinski definition) is 4. The highest BCUT2D eigenvalue weighted by Crippen LogP contribution is 2.31. The Balaban J connectivity index is 2.48. The fourth-order valence-corrected chi connectivity index (χ4v) is 2.49. The second kappa shape index (κ2) is 4.07. The third-order valence-corrected chi connectivity index (χ3v) is 3.31. The molecule has 1 saturated heterocycles. The molecule has 3 nitrogen and oxygen atoms in total. The van der Waals surface area contributed by atoms with Crippen LogP contribution in [0, 0.1) is 4.91 Å². The summed E-state index contributed by atoms with van der Waals surface area (Å²) in [6.45, 7) is 3.92. The Kier molecular flexibility index (Phi) is 3.33. The predicted octanol–water partition coefficient (Wildman–Crippen LogP) is 2.01. The topological polar surface area (TPSA) is 38.7 Å². The molecule has 0 radical (unpaired) electrons. The summed E-state index contributed by atoms with van der Waals surface area (Å²) in [6, 6.07) is -0.118. The van der Waals surface area contributed by atoms with Crippen LogP contribution in [0.2, 0.25) is 0 Å². The Bertz CT molecular complexity index is 142. The van der Waals surface area contributed by atoms with Crippen LogP contribution in [0.15, 0.2) is 5.18 Å². The van der Waals surface area contributed by atoms with Crippen molar-refractivity contribution in [1.82, 2.24) is 0 Å². The summed E-state index contributed by atoms with van der Waals surface area (Å²) in [5, 5.41) is 3.29. The van der Waals surface area contributed by atoms with Crippen LogP contribution in [0.4, 0.5) is 0 Å². The second-order valence-electron chi connectivity index (χ2n) is 2.71. The van der Waals surface area contributed by atoms with Gasteiger partial charge in [-0.15, -0.1) is 11.8 Å². The standard InChI is InChI=1S/C7H13NO2S/c1-3-6-7(5(2)8-9)11-4-10-6/h5-7H,3-4H2,1-2H3. The van der Waals surface area contributed by atoms with Gasteiger partial charge in [-0.05, 0) is 13.3 Å². The van der Waals surface area contributed by atoms with E-state index in [4.69, 9.17) is 4.74 Å². The molecule has 0 aromatic rings. The summed E-state index contributed by atoms with van der Waals surface area (Å²) in [4.78, 5) is 10.2. The number of rotatable bonds is 3. The van der Waals surface area contributed by atoms with Gasteiger partial charge in [0.05, 0.1) is 17.3 Å². The molecular formula is C7H13NO2S. The zero-order valence-electron chi connectivity index (χ0n) is 6.82. The van der Waals surface area contributed by atoms with Crippen LogP contribution >= 0.6 is 11.8 Å². The number of thioether (sulfide) groups is 1. The summed E-state index contributed by atoms with van der Waals surface area (Å²) in [5.41, 5.74) is 0. The Morgan fingerprint density at radius 2 is 2.55 bits per heavy atom. The molecule has 0 aromatic carbocycles. The third kappa shape index (κ3) is 1.93. The molecule has 0 N–H and O–H groups in total. The highest BCUT2D eigenvalue weighted by atomic mass is 32.2. The molecule has 0 spiro atoms. The number of nitrogens with zero attached hydrogens (tertiary/aromatic N) is 1. The summed E-state index contributed by atoms with van der Waals surface area (Å²) in [5.74, 6) is 0.711. The maximum atomic E-state index is 10.2. The van der Waals surface area contributed by atoms with E-state index in [9.17, 15) is 4.91 Å². The molecule has 0 amide bonds. The lowest BCUT2D eigenvalue weighted by molar-refractivity contribution is 0.0998. The normalized spacial score (nSPS) is 33.6. The molecule has 0 aliphatic carbocycles. The molecule has 1 heterocycles. The monoisotopic (exact) mass is 175 g/mol. The number of hydrogen-bond donors (Lipinski definition) is 0. The number of nitroso groups, excluding NO2 is 1. The van der Waals surface area contributed by atoms with E-state index < -0.39 is 0 Å². The highest BCUT2D eigenvalue weighted by molar-refractivity contribution is 8.00. The van der Waals surface area contributed by atoms with E-state index in [2.05, 4.69) is 12.1 Å².